The molecular formula is C27H36Cl2F3N7O3. The van der Waals surface area contributed by atoms with Crippen LogP contribution in [0.2, 0.25) is 0 Å². The molecule has 3 aliphatic rings. The van der Waals surface area contributed by atoms with Crippen molar-refractivity contribution in [1.29, 1.82) is 0 Å². The number of anilines is 4. The molecule has 0 unspecified atom stereocenters. The van der Waals surface area contributed by atoms with Gasteiger partial charge in [-0.25, -0.2) is 9.37 Å². The predicted octanol–water partition coefficient (Wildman–Crippen LogP) is 4.40. The van der Waals surface area contributed by atoms with Crippen LogP contribution < -0.4 is 25.2 Å². The van der Waals surface area contributed by atoms with Gasteiger partial charge < -0.3 is 30.1 Å². The number of aromatic nitrogens is 2. The predicted molar refractivity (Wildman–Crippen MR) is 159 cm³/mol. The number of benzene rings is 1. The Kier molecular flexibility index (Phi) is 10.8. The minimum Gasteiger partial charge on any atom is -0.495 e. The van der Waals surface area contributed by atoms with Crippen molar-refractivity contribution < 1.29 is 27.5 Å². The summed E-state index contributed by atoms with van der Waals surface area (Å²) in [5.41, 5.74) is 0.171. The smallest absolute Gasteiger partial charge is 0.342 e. The number of nitrogens with one attached hydrogen (secondary N) is 2. The molecule has 1 aromatic carbocycles. The van der Waals surface area contributed by atoms with E-state index in [9.17, 15) is 18.4 Å². The summed E-state index contributed by atoms with van der Waals surface area (Å²) in [4.78, 5) is 38.6. The lowest BCUT2D eigenvalue weighted by Crippen LogP contribution is -2.48. The average molecular weight is 635 g/mol. The molecule has 1 aromatic heterocycles. The normalized spacial score (nSPS) is 19.3. The van der Waals surface area contributed by atoms with Crippen molar-refractivity contribution in [3.05, 3.63) is 29.7 Å². The number of hydrogen-bond donors (Lipinski definition) is 2. The maximum absolute atomic E-state index is 15.2. The van der Waals surface area contributed by atoms with Gasteiger partial charge in [0.2, 0.25) is 5.95 Å². The summed E-state index contributed by atoms with van der Waals surface area (Å²) in [5, 5.41) is 5.80. The molecule has 2 aliphatic heterocycles. The van der Waals surface area contributed by atoms with Crippen molar-refractivity contribution in [2.24, 2.45) is 0 Å². The lowest BCUT2D eigenvalue weighted by Gasteiger charge is -2.31. The highest BCUT2D eigenvalue weighted by molar-refractivity contribution is 6.02. The van der Waals surface area contributed by atoms with Gasteiger partial charge in [0, 0.05) is 25.2 Å². The first-order chi connectivity index (χ1) is 19.1. The summed E-state index contributed by atoms with van der Waals surface area (Å²) in [5.74, 6) is -5.82. The number of halogens is 5. The monoisotopic (exact) mass is 633 g/mol. The largest absolute Gasteiger partial charge is 0.495 e. The molecule has 0 radical (unpaired) electrons. The zero-order valence-electron chi connectivity index (χ0n) is 23.7. The molecule has 1 saturated carbocycles. The molecule has 10 nitrogen and oxygen atoms in total. The molecule has 2 fully saturated rings. The highest BCUT2D eigenvalue weighted by Gasteiger charge is 2.48. The number of rotatable bonds is 6. The van der Waals surface area contributed by atoms with Crippen LogP contribution in [0, 0.1) is 5.82 Å². The number of nitrogens with zero attached hydrogens (tertiary/aromatic N) is 5. The lowest BCUT2D eigenvalue weighted by atomic mass is 10.0. The van der Waals surface area contributed by atoms with Gasteiger partial charge in [-0.15, -0.1) is 24.8 Å². The molecule has 1 saturated heterocycles. The molecule has 15 heteroatoms. The van der Waals surface area contributed by atoms with Crippen LogP contribution in [0.15, 0.2) is 18.3 Å². The lowest BCUT2D eigenvalue weighted by molar-refractivity contribution is -0.140. The third-order valence-corrected chi connectivity index (χ3v) is 7.97. The first-order valence-electron chi connectivity index (χ1n) is 13.5. The number of fused-ring (bicyclic) bond motifs is 1. The second kappa shape index (κ2) is 13.5. The second-order valence-corrected chi connectivity index (χ2v) is 10.7. The van der Waals surface area contributed by atoms with E-state index in [2.05, 4.69) is 25.5 Å². The van der Waals surface area contributed by atoms with Crippen LogP contribution in [0.3, 0.4) is 0 Å². The molecular weight excluding hydrogens is 598 g/mol. The number of ether oxygens (including phenoxy) is 1. The minimum atomic E-state index is -3.60. The number of piperidine rings is 1. The summed E-state index contributed by atoms with van der Waals surface area (Å²) in [6.07, 6.45) is 6.08. The van der Waals surface area contributed by atoms with Gasteiger partial charge in [0.05, 0.1) is 31.1 Å². The van der Waals surface area contributed by atoms with E-state index < -0.39 is 30.1 Å². The Balaban J connectivity index is 0.00000242. The number of amides is 2. The molecule has 1 aliphatic carbocycles. The molecule has 3 heterocycles. The van der Waals surface area contributed by atoms with Gasteiger partial charge in [-0.3, -0.25) is 9.59 Å². The molecule has 5 rings (SSSR count). The van der Waals surface area contributed by atoms with Crippen LogP contribution in [-0.2, 0) is 4.79 Å². The first-order valence-corrected chi connectivity index (χ1v) is 13.5. The van der Waals surface area contributed by atoms with E-state index in [1.54, 1.807) is 0 Å². The van der Waals surface area contributed by atoms with Crippen molar-refractivity contribution in [1.82, 2.24) is 20.2 Å². The summed E-state index contributed by atoms with van der Waals surface area (Å²) in [6, 6.07) is 2.19. The fourth-order valence-corrected chi connectivity index (χ4v) is 5.63. The molecule has 2 N–H and O–H groups in total. The fourth-order valence-electron chi connectivity index (χ4n) is 5.63. The summed E-state index contributed by atoms with van der Waals surface area (Å²) < 4.78 is 50.3. The van der Waals surface area contributed by atoms with E-state index in [-0.39, 0.29) is 71.4 Å². The van der Waals surface area contributed by atoms with E-state index >= 15 is 4.39 Å². The third kappa shape index (κ3) is 6.78. The van der Waals surface area contributed by atoms with Gasteiger partial charge in [0.1, 0.15) is 17.3 Å². The van der Waals surface area contributed by atoms with Crippen molar-refractivity contribution in [3.63, 3.8) is 0 Å². The molecule has 0 spiro atoms. The van der Waals surface area contributed by atoms with Crippen molar-refractivity contribution in [3.8, 4) is 5.75 Å². The Labute approximate surface area is 255 Å². The van der Waals surface area contributed by atoms with Gasteiger partial charge in [0.15, 0.2) is 5.82 Å². The molecule has 232 valence electrons. The topological polar surface area (TPSA) is 103 Å². The van der Waals surface area contributed by atoms with E-state index in [0.717, 1.165) is 49.7 Å². The minimum absolute atomic E-state index is 0. The van der Waals surface area contributed by atoms with E-state index in [1.807, 2.05) is 7.05 Å². The molecule has 0 atom stereocenters. The molecule has 0 bridgehead atoms. The van der Waals surface area contributed by atoms with Gasteiger partial charge in [-0.05, 0) is 51.9 Å². The number of carbonyl (C=O) groups excluding carboxylic acids is 2. The maximum Gasteiger partial charge on any atom is 0.342 e. The molecule has 2 amide bonds. The van der Waals surface area contributed by atoms with Gasteiger partial charge >= 0.3 is 5.92 Å². The number of likely N-dealkylation sites (tertiary alicyclic amines) is 1. The van der Waals surface area contributed by atoms with Crippen LogP contribution in [0.5, 0.6) is 5.75 Å². The average Bonchev–Trinajstić information content (AvgIpc) is 3.45. The van der Waals surface area contributed by atoms with Crippen molar-refractivity contribution >= 4 is 59.8 Å². The van der Waals surface area contributed by atoms with Crippen LogP contribution >= 0.6 is 24.8 Å². The zero-order valence-corrected chi connectivity index (χ0v) is 25.3. The summed E-state index contributed by atoms with van der Waals surface area (Å²) in [7, 11) is 4.68. The van der Waals surface area contributed by atoms with Crippen LogP contribution in [0.25, 0.3) is 0 Å². The van der Waals surface area contributed by atoms with Gasteiger partial charge in [0.25, 0.3) is 11.8 Å². The second-order valence-electron chi connectivity index (χ2n) is 10.7. The highest BCUT2D eigenvalue weighted by Crippen LogP contribution is 2.40. The first kappa shape index (κ1) is 33.5. The third-order valence-electron chi connectivity index (χ3n) is 7.97. The SMILES string of the molecule is COc1cc(C(=O)NC2CCN(C)CC2)c(F)cc1Nc1ncc2c(n1)N(C1CCCC1)CC(F)(F)C(=O)N2C.Cl.Cl. The Bertz CT molecular complexity index is 1290. The van der Waals surface area contributed by atoms with E-state index in [0.29, 0.717) is 12.8 Å². The summed E-state index contributed by atoms with van der Waals surface area (Å²) >= 11 is 0. The number of alkyl halides is 2. The number of carbonyl (C=O) groups is 2. The zero-order chi connectivity index (χ0) is 28.6. The Hall–Kier alpha value is -3.03. The summed E-state index contributed by atoms with van der Waals surface area (Å²) in [6.45, 7) is 0.906. The molecule has 2 aromatic rings. The van der Waals surface area contributed by atoms with E-state index in [1.165, 1.54) is 31.3 Å². The van der Waals surface area contributed by atoms with Crippen LogP contribution in [0.1, 0.15) is 48.9 Å². The van der Waals surface area contributed by atoms with Crippen LogP contribution in [0.4, 0.5) is 36.3 Å². The standard InChI is InChI=1S/C27H34F3N7O3.2ClH/c1-35-10-8-16(9-11-35)32-24(38)18-12-22(40-3)20(13-19(18)28)33-26-31-14-21-23(34-26)37(17-6-4-5-7-17)15-27(29,30)25(39)36(21)2;;/h12-14,16-17H,4-11,15H2,1-3H3,(H,32,38)(H,31,33,34);2*1H. The fraction of sp³-hybridized carbons (Fsp3) is 0.556. The van der Waals surface area contributed by atoms with Crippen molar-refractivity contribution in [2.45, 2.75) is 56.5 Å². The van der Waals surface area contributed by atoms with Crippen molar-refractivity contribution in [2.75, 3.05) is 56.0 Å². The Morgan fingerprint density at radius 1 is 1.10 bits per heavy atom. The Morgan fingerprint density at radius 2 is 1.76 bits per heavy atom. The molecule has 42 heavy (non-hydrogen) atoms. The number of methoxy groups -OCH3 is 1. The maximum atomic E-state index is 15.2. The highest BCUT2D eigenvalue weighted by atomic mass is 35.5. The number of hydrogen-bond acceptors (Lipinski definition) is 8. The van der Waals surface area contributed by atoms with Gasteiger partial charge in [-0.1, -0.05) is 12.8 Å². The van der Waals surface area contributed by atoms with Crippen LogP contribution in [-0.4, -0.2) is 85.5 Å². The van der Waals surface area contributed by atoms with E-state index in [4.69, 9.17) is 4.74 Å². The van der Waals surface area contributed by atoms with Gasteiger partial charge in [-0.2, -0.15) is 13.8 Å². The quantitative estimate of drug-likeness (QED) is 0.483. The Morgan fingerprint density at radius 3 is 2.40 bits per heavy atom.